The molecule has 0 bridgehead atoms. The molecule has 192 valence electrons. The molecule has 1 heterocycles. The Bertz CT molecular complexity index is 1440. The molecule has 0 unspecified atom stereocenters. The number of hydrogen-bond donors (Lipinski definition) is 1. The summed E-state index contributed by atoms with van der Waals surface area (Å²) in [6.07, 6.45) is 0. The number of aromatic nitrogens is 3. The minimum atomic E-state index is -1.11. The van der Waals surface area contributed by atoms with Crippen LogP contribution in [0.15, 0.2) is 66.7 Å². The summed E-state index contributed by atoms with van der Waals surface area (Å²) in [5, 5.41) is 11.2. The number of amides is 2. The molecule has 1 atom stereocenters. The van der Waals surface area contributed by atoms with Crippen LogP contribution in [-0.2, 0) is 16.1 Å². The lowest BCUT2D eigenvalue weighted by atomic mass is 10.00. The summed E-state index contributed by atoms with van der Waals surface area (Å²) >= 11 is 0. The number of anilines is 1. The van der Waals surface area contributed by atoms with E-state index < -0.39 is 29.2 Å². The van der Waals surface area contributed by atoms with Crippen molar-refractivity contribution in [3.05, 3.63) is 83.7 Å². The first-order valence-electron chi connectivity index (χ1n) is 11.9. The molecule has 9 heteroatoms. The van der Waals surface area contributed by atoms with Gasteiger partial charge >= 0.3 is 0 Å². The highest BCUT2D eigenvalue weighted by Crippen LogP contribution is 2.32. The number of hydrogen-bond acceptors (Lipinski definition) is 5. The second kappa shape index (κ2) is 10.4. The standard InChI is InChI=1S/C28H30FN5O3/c1-18-13-14-20(16-22(18)29)34(25(35)17-33-24-12-7-6-11-23(24)31-32-33)26(27(36)30-28(2,3)4)19-9-8-10-21(15-19)37-5/h6-16,26H,17H2,1-5H3,(H,30,36)/t26-/m1/s1. The lowest BCUT2D eigenvalue weighted by Gasteiger charge is -2.34. The van der Waals surface area contributed by atoms with Gasteiger partial charge < -0.3 is 10.1 Å². The molecular formula is C28H30FN5O3. The van der Waals surface area contributed by atoms with Gasteiger partial charge in [0, 0.05) is 11.2 Å². The molecule has 4 rings (SSSR count). The molecule has 0 saturated carbocycles. The third-order valence-corrected chi connectivity index (χ3v) is 5.82. The number of carbonyl (C=O) groups is 2. The topological polar surface area (TPSA) is 89.4 Å². The molecule has 0 fully saturated rings. The summed E-state index contributed by atoms with van der Waals surface area (Å²) in [6, 6.07) is 17.6. The van der Waals surface area contributed by atoms with Crippen LogP contribution in [-0.4, -0.2) is 39.5 Å². The van der Waals surface area contributed by atoms with Crippen LogP contribution in [0.5, 0.6) is 5.75 Å². The molecular weight excluding hydrogens is 473 g/mol. The van der Waals surface area contributed by atoms with E-state index in [1.165, 1.54) is 22.8 Å². The second-order valence-electron chi connectivity index (χ2n) is 9.85. The van der Waals surface area contributed by atoms with E-state index in [1.807, 2.05) is 39.0 Å². The van der Waals surface area contributed by atoms with E-state index in [9.17, 15) is 14.0 Å². The number of para-hydroxylation sites is 1. The summed E-state index contributed by atoms with van der Waals surface area (Å²) in [7, 11) is 1.53. The zero-order valence-corrected chi connectivity index (χ0v) is 21.5. The van der Waals surface area contributed by atoms with Crippen molar-refractivity contribution in [2.75, 3.05) is 12.0 Å². The van der Waals surface area contributed by atoms with Gasteiger partial charge in [-0.15, -0.1) is 5.10 Å². The minimum Gasteiger partial charge on any atom is -0.497 e. The van der Waals surface area contributed by atoms with Gasteiger partial charge in [0.25, 0.3) is 0 Å². The van der Waals surface area contributed by atoms with Crippen LogP contribution in [0.3, 0.4) is 0 Å². The van der Waals surface area contributed by atoms with Crippen LogP contribution < -0.4 is 15.0 Å². The van der Waals surface area contributed by atoms with Crippen LogP contribution in [0, 0.1) is 12.7 Å². The maximum Gasteiger partial charge on any atom is 0.249 e. The predicted molar refractivity (Wildman–Crippen MR) is 140 cm³/mol. The molecule has 0 radical (unpaired) electrons. The number of methoxy groups -OCH3 is 1. The summed E-state index contributed by atoms with van der Waals surface area (Å²) in [6.45, 7) is 6.99. The number of nitrogens with zero attached hydrogens (tertiary/aromatic N) is 4. The molecule has 1 N–H and O–H groups in total. The largest absolute Gasteiger partial charge is 0.497 e. The Morgan fingerprint density at radius 2 is 1.84 bits per heavy atom. The van der Waals surface area contributed by atoms with Gasteiger partial charge in [-0.25, -0.2) is 9.07 Å². The number of halogens is 1. The maximum absolute atomic E-state index is 14.8. The summed E-state index contributed by atoms with van der Waals surface area (Å²) in [5.74, 6) is -0.840. The smallest absolute Gasteiger partial charge is 0.249 e. The third kappa shape index (κ3) is 5.77. The molecule has 0 saturated heterocycles. The summed E-state index contributed by atoms with van der Waals surface area (Å²) in [4.78, 5) is 29.1. The van der Waals surface area contributed by atoms with Crippen molar-refractivity contribution in [2.45, 2.75) is 45.8 Å². The minimum absolute atomic E-state index is 0.209. The van der Waals surface area contributed by atoms with Gasteiger partial charge in [0.15, 0.2) is 0 Å². The molecule has 2 amide bonds. The van der Waals surface area contributed by atoms with Crippen molar-refractivity contribution in [1.82, 2.24) is 20.3 Å². The van der Waals surface area contributed by atoms with Crippen LogP contribution in [0.2, 0.25) is 0 Å². The number of nitrogens with one attached hydrogen (secondary N) is 1. The first kappa shape index (κ1) is 25.8. The van der Waals surface area contributed by atoms with Crippen molar-refractivity contribution < 1.29 is 18.7 Å². The van der Waals surface area contributed by atoms with Crippen molar-refractivity contribution in [1.29, 1.82) is 0 Å². The zero-order chi connectivity index (χ0) is 26.7. The predicted octanol–water partition coefficient (Wildman–Crippen LogP) is 4.58. The third-order valence-electron chi connectivity index (χ3n) is 5.82. The van der Waals surface area contributed by atoms with Crippen LogP contribution in [0.25, 0.3) is 11.0 Å². The highest BCUT2D eigenvalue weighted by Gasteiger charge is 2.35. The van der Waals surface area contributed by atoms with Gasteiger partial charge in [-0.3, -0.25) is 14.5 Å². The SMILES string of the molecule is COc1cccc([C@H](C(=O)NC(C)(C)C)N(C(=O)Cn2nnc3ccccc32)c2ccc(C)c(F)c2)c1. The normalized spacial score (nSPS) is 12.3. The number of aryl methyl sites for hydroxylation is 1. The Labute approximate surface area is 215 Å². The monoisotopic (exact) mass is 503 g/mol. The van der Waals surface area contributed by atoms with E-state index in [1.54, 1.807) is 49.4 Å². The molecule has 0 spiro atoms. The first-order chi connectivity index (χ1) is 17.6. The molecule has 0 aliphatic heterocycles. The van der Waals surface area contributed by atoms with Gasteiger partial charge in [0.2, 0.25) is 11.8 Å². The van der Waals surface area contributed by atoms with Crippen LogP contribution in [0.1, 0.15) is 37.9 Å². The quantitative estimate of drug-likeness (QED) is 0.399. The molecule has 8 nitrogen and oxygen atoms in total. The molecule has 3 aromatic carbocycles. The Balaban J connectivity index is 1.86. The number of fused-ring (bicyclic) bond motifs is 1. The van der Waals surface area contributed by atoms with Gasteiger partial charge in [-0.1, -0.05) is 35.5 Å². The van der Waals surface area contributed by atoms with Crippen LogP contribution >= 0.6 is 0 Å². The second-order valence-corrected chi connectivity index (χ2v) is 9.85. The molecule has 0 aliphatic rings. The van der Waals surface area contributed by atoms with Gasteiger partial charge in [-0.05, 0) is 75.2 Å². The van der Waals surface area contributed by atoms with E-state index in [4.69, 9.17) is 4.74 Å². The number of carbonyl (C=O) groups excluding carboxylic acids is 2. The van der Waals surface area contributed by atoms with Crippen LogP contribution in [0.4, 0.5) is 10.1 Å². The Hall–Kier alpha value is -4.27. The van der Waals surface area contributed by atoms with E-state index >= 15 is 0 Å². The lowest BCUT2D eigenvalue weighted by molar-refractivity contribution is -0.128. The molecule has 0 aliphatic carbocycles. The number of rotatable bonds is 7. The summed E-state index contributed by atoms with van der Waals surface area (Å²) < 4.78 is 21.6. The summed E-state index contributed by atoms with van der Waals surface area (Å²) in [5.41, 5.74) is 1.91. The van der Waals surface area contributed by atoms with E-state index in [2.05, 4.69) is 15.6 Å². The Morgan fingerprint density at radius 1 is 1.08 bits per heavy atom. The molecule has 4 aromatic rings. The average molecular weight is 504 g/mol. The molecule has 1 aromatic heterocycles. The first-order valence-corrected chi connectivity index (χ1v) is 11.9. The fourth-order valence-electron chi connectivity index (χ4n) is 4.07. The van der Waals surface area contributed by atoms with E-state index in [0.717, 1.165) is 0 Å². The van der Waals surface area contributed by atoms with Gasteiger partial charge in [0.05, 0.1) is 12.6 Å². The van der Waals surface area contributed by atoms with Gasteiger partial charge in [0.1, 0.15) is 29.7 Å². The van der Waals surface area contributed by atoms with E-state index in [0.29, 0.717) is 27.9 Å². The highest BCUT2D eigenvalue weighted by molar-refractivity contribution is 6.01. The van der Waals surface area contributed by atoms with Crippen molar-refractivity contribution in [3.63, 3.8) is 0 Å². The molecule has 37 heavy (non-hydrogen) atoms. The Morgan fingerprint density at radius 3 is 2.54 bits per heavy atom. The van der Waals surface area contributed by atoms with Gasteiger partial charge in [-0.2, -0.15) is 0 Å². The van der Waals surface area contributed by atoms with Crippen molar-refractivity contribution in [3.8, 4) is 5.75 Å². The fraction of sp³-hybridized carbons (Fsp3) is 0.286. The lowest BCUT2D eigenvalue weighted by Crippen LogP contribution is -2.50. The van der Waals surface area contributed by atoms with E-state index in [-0.39, 0.29) is 12.2 Å². The Kier molecular flexibility index (Phi) is 7.24. The maximum atomic E-state index is 14.8. The fourth-order valence-corrected chi connectivity index (χ4v) is 4.07. The average Bonchev–Trinajstić information content (AvgIpc) is 3.25. The van der Waals surface area contributed by atoms with Crippen molar-refractivity contribution >= 4 is 28.5 Å². The number of ether oxygens (including phenoxy) is 1. The highest BCUT2D eigenvalue weighted by atomic mass is 19.1. The van der Waals surface area contributed by atoms with Crippen molar-refractivity contribution in [2.24, 2.45) is 0 Å². The number of benzene rings is 3. The zero-order valence-electron chi connectivity index (χ0n) is 21.5.